The molecule has 176 valence electrons. The Balaban J connectivity index is 1.55. The quantitative estimate of drug-likeness (QED) is 0.238. The van der Waals surface area contributed by atoms with Gasteiger partial charge in [-0.25, -0.2) is 4.98 Å². The van der Waals surface area contributed by atoms with Crippen molar-refractivity contribution in [3.05, 3.63) is 93.8 Å². The van der Waals surface area contributed by atoms with Crippen LogP contribution in [-0.4, -0.2) is 26.2 Å². The minimum Gasteiger partial charge on any atom is -0.349 e. The summed E-state index contributed by atoms with van der Waals surface area (Å²) in [4.78, 5) is 34.7. The van der Waals surface area contributed by atoms with E-state index >= 15 is 0 Å². The fraction of sp³-hybridized carbons (Fsp3) is 0.179. The molecule has 0 aliphatic heterocycles. The molecular formula is C28H26N4O2S. The first-order chi connectivity index (χ1) is 16.9. The summed E-state index contributed by atoms with van der Waals surface area (Å²) in [7, 11) is 0. The lowest BCUT2D eigenvalue weighted by atomic mass is 10.1. The number of fused-ring (bicyclic) bond motifs is 3. The first-order valence-corrected chi connectivity index (χ1v) is 12.6. The lowest BCUT2D eigenvalue weighted by molar-refractivity contribution is -0.113. The van der Waals surface area contributed by atoms with Crippen LogP contribution in [0.2, 0.25) is 0 Å². The molecule has 5 aromatic rings. The van der Waals surface area contributed by atoms with Gasteiger partial charge in [-0.15, -0.1) is 0 Å². The van der Waals surface area contributed by atoms with Gasteiger partial charge in [0.15, 0.2) is 5.16 Å². The number of para-hydroxylation sites is 1. The molecule has 0 unspecified atom stereocenters. The van der Waals surface area contributed by atoms with Gasteiger partial charge in [0, 0.05) is 16.6 Å². The molecular weight excluding hydrogens is 456 g/mol. The van der Waals surface area contributed by atoms with Crippen molar-refractivity contribution in [1.82, 2.24) is 14.5 Å². The Morgan fingerprint density at radius 1 is 1.06 bits per heavy atom. The van der Waals surface area contributed by atoms with E-state index in [0.29, 0.717) is 16.2 Å². The van der Waals surface area contributed by atoms with Gasteiger partial charge in [-0.2, -0.15) is 0 Å². The minimum atomic E-state index is -0.182. The van der Waals surface area contributed by atoms with Crippen LogP contribution < -0.4 is 10.9 Å². The lowest BCUT2D eigenvalue weighted by Crippen LogP contribution is -2.23. The average Bonchev–Trinajstić information content (AvgIpc) is 3.24. The summed E-state index contributed by atoms with van der Waals surface area (Å²) in [6.07, 6.45) is 0.946. The van der Waals surface area contributed by atoms with E-state index in [1.807, 2.05) is 80.6 Å². The third-order valence-corrected chi connectivity index (χ3v) is 7.02. The van der Waals surface area contributed by atoms with E-state index in [-0.39, 0.29) is 17.2 Å². The summed E-state index contributed by atoms with van der Waals surface area (Å²) in [5, 5.41) is 4.31. The second-order valence-electron chi connectivity index (χ2n) is 8.61. The molecule has 0 aliphatic carbocycles. The van der Waals surface area contributed by atoms with Crippen molar-refractivity contribution in [2.24, 2.45) is 0 Å². The predicted molar refractivity (Wildman–Crippen MR) is 144 cm³/mol. The largest absolute Gasteiger partial charge is 0.349 e. The van der Waals surface area contributed by atoms with Crippen molar-refractivity contribution in [1.29, 1.82) is 0 Å². The minimum absolute atomic E-state index is 0.126. The van der Waals surface area contributed by atoms with Crippen molar-refractivity contribution in [3.8, 4) is 5.69 Å². The Morgan fingerprint density at radius 2 is 1.83 bits per heavy atom. The molecule has 0 aliphatic rings. The number of nitrogens with zero attached hydrogens (tertiary/aromatic N) is 2. The molecule has 1 amide bonds. The Bertz CT molecular complexity index is 1620. The zero-order chi connectivity index (χ0) is 24.5. The van der Waals surface area contributed by atoms with E-state index in [4.69, 9.17) is 4.98 Å². The normalized spacial score (nSPS) is 11.3. The highest BCUT2D eigenvalue weighted by molar-refractivity contribution is 7.99. The zero-order valence-electron chi connectivity index (χ0n) is 19.9. The molecule has 2 heterocycles. The fourth-order valence-electron chi connectivity index (χ4n) is 4.16. The summed E-state index contributed by atoms with van der Waals surface area (Å²) in [5.41, 5.74) is 6.47. The van der Waals surface area contributed by atoms with Crippen LogP contribution in [0.3, 0.4) is 0 Å². The summed E-state index contributed by atoms with van der Waals surface area (Å²) in [6, 6.07) is 21.6. The van der Waals surface area contributed by atoms with Crippen molar-refractivity contribution >= 4 is 45.3 Å². The molecule has 0 fully saturated rings. The molecule has 6 nitrogen and oxygen atoms in total. The van der Waals surface area contributed by atoms with E-state index < -0.39 is 0 Å². The second-order valence-corrected chi connectivity index (χ2v) is 9.55. The Labute approximate surface area is 207 Å². The number of thioether (sulfide) groups is 1. The predicted octanol–water partition coefficient (Wildman–Crippen LogP) is 5.78. The second kappa shape index (κ2) is 9.43. The topological polar surface area (TPSA) is 79.8 Å². The van der Waals surface area contributed by atoms with E-state index in [1.165, 1.54) is 17.3 Å². The van der Waals surface area contributed by atoms with Crippen LogP contribution in [0, 0.1) is 13.8 Å². The van der Waals surface area contributed by atoms with Crippen molar-refractivity contribution < 1.29 is 4.79 Å². The highest BCUT2D eigenvalue weighted by Gasteiger charge is 2.19. The van der Waals surface area contributed by atoms with Crippen LogP contribution in [-0.2, 0) is 11.2 Å². The van der Waals surface area contributed by atoms with Crippen LogP contribution in [0.1, 0.15) is 23.6 Å². The molecule has 2 aromatic heterocycles. The third kappa shape index (κ3) is 4.47. The van der Waals surface area contributed by atoms with Crippen LogP contribution in [0.25, 0.3) is 27.6 Å². The van der Waals surface area contributed by atoms with Gasteiger partial charge in [-0.1, -0.05) is 61.2 Å². The number of hydrogen-bond donors (Lipinski definition) is 2. The first-order valence-electron chi connectivity index (χ1n) is 11.6. The molecule has 0 saturated heterocycles. The van der Waals surface area contributed by atoms with Crippen LogP contribution in [0.4, 0.5) is 5.69 Å². The number of aromatic nitrogens is 3. The molecule has 0 radical (unpaired) electrons. The number of carbonyl (C=O) groups excluding carboxylic acids is 1. The lowest BCUT2D eigenvalue weighted by Gasteiger charge is -2.15. The third-order valence-electron chi connectivity index (χ3n) is 6.08. The van der Waals surface area contributed by atoms with Gasteiger partial charge in [0.25, 0.3) is 5.56 Å². The van der Waals surface area contributed by atoms with Gasteiger partial charge < -0.3 is 10.3 Å². The molecule has 0 saturated carbocycles. The summed E-state index contributed by atoms with van der Waals surface area (Å²) in [6.45, 7) is 6.06. The number of carbonyl (C=O) groups is 1. The number of rotatable bonds is 6. The van der Waals surface area contributed by atoms with E-state index in [2.05, 4.69) is 17.2 Å². The molecule has 0 bridgehead atoms. The van der Waals surface area contributed by atoms with Crippen LogP contribution in [0.15, 0.2) is 76.7 Å². The Morgan fingerprint density at radius 3 is 2.60 bits per heavy atom. The maximum atomic E-state index is 13.8. The number of H-pyrrole nitrogens is 1. The number of benzene rings is 3. The van der Waals surface area contributed by atoms with Gasteiger partial charge in [0.2, 0.25) is 5.91 Å². The average molecular weight is 483 g/mol. The van der Waals surface area contributed by atoms with Crippen LogP contribution >= 0.6 is 11.8 Å². The molecule has 3 aromatic carbocycles. The van der Waals surface area contributed by atoms with Gasteiger partial charge in [0.05, 0.1) is 11.4 Å². The van der Waals surface area contributed by atoms with E-state index in [9.17, 15) is 9.59 Å². The standard InChI is InChI=1S/C28H26N4O2S/c1-4-19-11-13-20(14-12-19)29-24(33)16-35-28-31-25-21-7-5-6-8-22(21)30-26(25)27(34)32(28)23-15-17(2)9-10-18(23)3/h5-15,30H,4,16H2,1-3H3,(H,29,33). The van der Waals surface area contributed by atoms with Crippen molar-refractivity contribution in [2.45, 2.75) is 32.3 Å². The smallest absolute Gasteiger partial charge is 0.283 e. The molecule has 0 spiro atoms. The zero-order valence-corrected chi connectivity index (χ0v) is 20.7. The van der Waals surface area contributed by atoms with Crippen LogP contribution in [0.5, 0.6) is 0 Å². The highest BCUT2D eigenvalue weighted by atomic mass is 32.2. The first kappa shape index (κ1) is 22.9. The SMILES string of the molecule is CCc1ccc(NC(=O)CSc2nc3c([nH]c4ccccc43)c(=O)n2-c2cc(C)ccc2C)cc1. The molecule has 35 heavy (non-hydrogen) atoms. The van der Waals surface area contributed by atoms with Crippen molar-refractivity contribution in [3.63, 3.8) is 0 Å². The Hall–Kier alpha value is -3.84. The van der Waals surface area contributed by atoms with Gasteiger partial charge in [0.1, 0.15) is 11.0 Å². The molecule has 0 atom stereocenters. The number of anilines is 1. The number of hydrogen-bond acceptors (Lipinski definition) is 4. The van der Waals surface area contributed by atoms with Crippen molar-refractivity contribution in [2.75, 3.05) is 11.1 Å². The molecule has 2 N–H and O–H groups in total. The molecule has 7 heteroatoms. The molecule has 5 rings (SSSR count). The Kier molecular flexibility index (Phi) is 6.17. The maximum Gasteiger partial charge on any atom is 0.283 e. The maximum absolute atomic E-state index is 13.8. The van der Waals surface area contributed by atoms with Gasteiger partial charge in [-0.3, -0.25) is 14.2 Å². The summed E-state index contributed by atoms with van der Waals surface area (Å²) >= 11 is 1.26. The van der Waals surface area contributed by atoms with Gasteiger partial charge >= 0.3 is 0 Å². The highest BCUT2D eigenvalue weighted by Crippen LogP contribution is 2.27. The van der Waals surface area contributed by atoms with Gasteiger partial charge in [-0.05, 0) is 61.2 Å². The number of nitrogens with one attached hydrogen (secondary N) is 2. The van der Waals surface area contributed by atoms with E-state index in [0.717, 1.165) is 39.8 Å². The monoisotopic (exact) mass is 482 g/mol. The fourth-order valence-corrected chi connectivity index (χ4v) is 4.96. The van der Waals surface area contributed by atoms with E-state index in [1.54, 1.807) is 4.57 Å². The number of aryl methyl sites for hydroxylation is 3. The number of amides is 1. The number of aromatic amines is 1. The summed E-state index contributed by atoms with van der Waals surface area (Å²) < 4.78 is 1.62. The summed E-state index contributed by atoms with van der Waals surface area (Å²) in [5.74, 6) is -0.0271.